The standard InChI is InChI=1S/C11H13BrN4O4S2/c1-6(4-17)14-10-8(12)3-13-11(16-10)15-7-2-9(21-5-7)22(18,19)20/h2-3,5-6,17H,4H2,1H3,(H,18,19,20)(H2,13,14,15,16). The second kappa shape index (κ2) is 6.87. The van der Waals surface area contributed by atoms with Crippen molar-refractivity contribution >= 4 is 54.8 Å². The molecular weight excluding hydrogens is 396 g/mol. The maximum atomic E-state index is 11.0. The molecule has 2 heterocycles. The van der Waals surface area contributed by atoms with E-state index >= 15 is 0 Å². The van der Waals surface area contributed by atoms with Gasteiger partial charge in [0.1, 0.15) is 10.0 Å². The predicted octanol–water partition coefficient (Wildman–Crippen LogP) is 2.08. The smallest absolute Gasteiger partial charge is 0.304 e. The average Bonchev–Trinajstić information content (AvgIpc) is 2.91. The summed E-state index contributed by atoms with van der Waals surface area (Å²) in [6, 6.07) is 1.10. The van der Waals surface area contributed by atoms with Crippen molar-refractivity contribution in [2.75, 3.05) is 17.2 Å². The molecule has 2 aromatic rings. The van der Waals surface area contributed by atoms with Gasteiger partial charge in [0.25, 0.3) is 0 Å². The van der Waals surface area contributed by atoms with Crippen LogP contribution in [0.15, 0.2) is 26.3 Å². The summed E-state index contributed by atoms with van der Waals surface area (Å²) in [6.07, 6.45) is 1.53. The number of rotatable bonds is 6. The molecule has 1 atom stereocenters. The van der Waals surface area contributed by atoms with Crippen molar-refractivity contribution in [1.82, 2.24) is 9.97 Å². The highest BCUT2D eigenvalue weighted by molar-refractivity contribution is 9.10. The fourth-order valence-electron chi connectivity index (χ4n) is 1.45. The molecule has 120 valence electrons. The topological polar surface area (TPSA) is 124 Å². The Morgan fingerprint density at radius 3 is 2.82 bits per heavy atom. The summed E-state index contributed by atoms with van der Waals surface area (Å²) >= 11 is 4.18. The van der Waals surface area contributed by atoms with Crippen molar-refractivity contribution in [3.63, 3.8) is 0 Å². The molecule has 22 heavy (non-hydrogen) atoms. The first-order valence-electron chi connectivity index (χ1n) is 6.02. The number of aliphatic hydroxyl groups is 1. The van der Waals surface area contributed by atoms with Gasteiger partial charge in [-0.25, -0.2) is 4.98 Å². The normalized spacial score (nSPS) is 12.9. The molecule has 8 nitrogen and oxygen atoms in total. The number of hydrogen-bond acceptors (Lipinski definition) is 8. The van der Waals surface area contributed by atoms with Crippen LogP contribution in [0, 0.1) is 0 Å². The Labute approximate surface area is 139 Å². The minimum absolute atomic E-state index is 0.0541. The lowest BCUT2D eigenvalue weighted by molar-refractivity contribution is 0.281. The van der Waals surface area contributed by atoms with Crippen molar-refractivity contribution < 1.29 is 18.1 Å². The first kappa shape index (κ1) is 17.1. The molecule has 0 aromatic carbocycles. The van der Waals surface area contributed by atoms with Gasteiger partial charge >= 0.3 is 10.1 Å². The Bertz CT molecular complexity index is 765. The monoisotopic (exact) mass is 408 g/mol. The van der Waals surface area contributed by atoms with Crippen LogP contribution in [0.3, 0.4) is 0 Å². The first-order chi connectivity index (χ1) is 10.3. The number of nitrogens with one attached hydrogen (secondary N) is 2. The van der Waals surface area contributed by atoms with Crippen molar-refractivity contribution in [3.8, 4) is 0 Å². The van der Waals surface area contributed by atoms with E-state index in [4.69, 9.17) is 9.66 Å². The summed E-state index contributed by atoms with van der Waals surface area (Å²) in [5, 5.41) is 16.4. The van der Waals surface area contributed by atoms with E-state index in [0.29, 0.717) is 16.0 Å². The molecule has 0 fully saturated rings. The summed E-state index contributed by atoms with van der Waals surface area (Å²) in [5.74, 6) is 0.736. The summed E-state index contributed by atoms with van der Waals surface area (Å²) in [6.45, 7) is 1.74. The minimum Gasteiger partial charge on any atom is -0.394 e. The Hall–Kier alpha value is -1.27. The molecule has 0 bridgehead atoms. The highest BCUT2D eigenvalue weighted by Crippen LogP contribution is 2.27. The molecule has 0 aliphatic carbocycles. The lowest BCUT2D eigenvalue weighted by atomic mass is 10.3. The first-order valence-corrected chi connectivity index (χ1v) is 9.14. The Balaban J connectivity index is 2.19. The predicted molar refractivity (Wildman–Crippen MR) is 87.3 cm³/mol. The summed E-state index contributed by atoms with van der Waals surface area (Å²) in [7, 11) is -4.22. The van der Waals surface area contributed by atoms with E-state index in [1.165, 1.54) is 17.6 Å². The van der Waals surface area contributed by atoms with Crippen LogP contribution in [-0.2, 0) is 10.1 Å². The molecule has 2 aromatic heterocycles. The summed E-state index contributed by atoms with van der Waals surface area (Å²) in [5.41, 5.74) is 0.445. The van der Waals surface area contributed by atoms with Crippen LogP contribution in [0.5, 0.6) is 0 Å². The fourth-order valence-corrected chi connectivity index (χ4v) is 3.23. The molecule has 0 aliphatic heterocycles. The number of aromatic nitrogens is 2. The van der Waals surface area contributed by atoms with E-state index in [1.54, 1.807) is 6.92 Å². The molecule has 0 aliphatic rings. The van der Waals surface area contributed by atoms with E-state index in [9.17, 15) is 8.42 Å². The van der Waals surface area contributed by atoms with Gasteiger partial charge in [0.15, 0.2) is 0 Å². The van der Waals surface area contributed by atoms with Gasteiger partial charge in [-0.3, -0.25) is 4.55 Å². The van der Waals surface area contributed by atoms with Gasteiger partial charge in [0.2, 0.25) is 5.95 Å². The number of hydrogen-bond donors (Lipinski definition) is 4. The van der Waals surface area contributed by atoms with Crippen molar-refractivity contribution in [1.29, 1.82) is 0 Å². The summed E-state index contributed by atoms with van der Waals surface area (Å²) < 4.78 is 31.5. The van der Waals surface area contributed by atoms with E-state index < -0.39 is 10.1 Å². The quantitative estimate of drug-likeness (QED) is 0.535. The Morgan fingerprint density at radius 1 is 1.50 bits per heavy atom. The molecule has 2 rings (SSSR count). The molecule has 4 N–H and O–H groups in total. The van der Waals surface area contributed by atoms with Gasteiger partial charge < -0.3 is 15.7 Å². The van der Waals surface area contributed by atoms with E-state index in [0.717, 1.165) is 11.3 Å². The SMILES string of the molecule is CC(CO)Nc1nc(Nc2csc(S(=O)(=O)O)c2)ncc1Br. The lowest BCUT2D eigenvalue weighted by Crippen LogP contribution is -2.20. The largest absolute Gasteiger partial charge is 0.394 e. The van der Waals surface area contributed by atoms with Gasteiger partial charge in [-0.1, -0.05) is 0 Å². The fraction of sp³-hybridized carbons (Fsp3) is 0.273. The molecule has 0 saturated carbocycles. The third kappa shape index (κ3) is 4.36. The van der Waals surface area contributed by atoms with Crippen LogP contribution in [0.2, 0.25) is 0 Å². The Kier molecular flexibility index (Phi) is 5.34. The highest BCUT2D eigenvalue weighted by atomic mass is 79.9. The zero-order valence-corrected chi connectivity index (χ0v) is 14.5. The van der Waals surface area contributed by atoms with E-state index in [-0.39, 0.29) is 22.8 Å². The number of aliphatic hydroxyl groups excluding tert-OH is 1. The molecule has 0 saturated heterocycles. The van der Waals surface area contributed by atoms with Crippen molar-refractivity contribution in [2.24, 2.45) is 0 Å². The lowest BCUT2D eigenvalue weighted by Gasteiger charge is -2.13. The third-order valence-electron chi connectivity index (χ3n) is 2.49. The van der Waals surface area contributed by atoms with Crippen molar-refractivity contribution in [3.05, 3.63) is 22.1 Å². The van der Waals surface area contributed by atoms with Gasteiger partial charge in [0.05, 0.1) is 16.8 Å². The zero-order chi connectivity index (χ0) is 16.3. The maximum Gasteiger partial charge on any atom is 0.304 e. The summed E-state index contributed by atoms with van der Waals surface area (Å²) in [4.78, 5) is 8.29. The van der Waals surface area contributed by atoms with Gasteiger partial charge in [-0.2, -0.15) is 13.4 Å². The number of anilines is 3. The van der Waals surface area contributed by atoms with Crippen LogP contribution >= 0.6 is 27.3 Å². The number of halogens is 1. The highest BCUT2D eigenvalue weighted by Gasteiger charge is 2.14. The van der Waals surface area contributed by atoms with Gasteiger partial charge in [0, 0.05) is 17.6 Å². The Morgan fingerprint density at radius 2 is 2.23 bits per heavy atom. The number of nitrogens with zero attached hydrogens (tertiary/aromatic N) is 2. The maximum absolute atomic E-state index is 11.0. The van der Waals surface area contributed by atoms with Crippen molar-refractivity contribution in [2.45, 2.75) is 17.2 Å². The molecule has 1 unspecified atom stereocenters. The van der Waals surface area contributed by atoms with E-state index in [2.05, 4.69) is 36.5 Å². The third-order valence-corrected chi connectivity index (χ3v) is 5.34. The van der Waals surface area contributed by atoms with E-state index in [1.807, 2.05) is 0 Å². The molecule has 0 amide bonds. The average molecular weight is 409 g/mol. The van der Waals surface area contributed by atoms with Gasteiger partial charge in [-0.15, -0.1) is 11.3 Å². The zero-order valence-electron chi connectivity index (χ0n) is 11.3. The van der Waals surface area contributed by atoms with Crippen LogP contribution < -0.4 is 10.6 Å². The minimum atomic E-state index is -4.22. The second-order valence-electron chi connectivity index (χ2n) is 4.37. The van der Waals surface area contributed by atoms with Crippen LogP contribution in [-0.4, -0.2) is 40.7 Å². The van der Waals surface area contributed by atoms with Gasteiger partial charge in [-0.05, 0) is 28.9 Å². The van der Waals surface area contributed by atoms with Crippen LogP contribution in [0.1, 0.15) is 6.92 Å². The molecule has 11 heteroatoms. The van der Waals surface area contributed by atoms with Crippen LogP contribution in [0.25, 0.3) is 0 Å². The molecule has 0 radical (unpaired) electrons. The molecular formula is C11H13BrN4O4S2. The van der Waals surface area contributed by atoms with Crippen LogP contribution in [0.4, 0.5) is 17.5 Å². The molecule has 0 spiro atoms. The second-order valence-corrected chi connectivity index (χ2v) is 7.79. The number of thiophene rings is 1.